The van der Waals surface area contributed by atoms with E-state index in [9.17, 15) is 14.4 Å². The van der Waals surface area contributed by atoms with Crippen molar-refractivity contribution in [2.75, 3.05) is 20.6 Å². The quantitative estimate of drug-likeness (QED) is 0.777. The largest absolute Gasteiger partial charge is 0.356 e. The normalized spacial score (nSPS) is 17.1. The number of urea groups is 1. The molecule has 1 aliphatic heterocycles. The van der Waals surface area contributed by atoms with Gasteiger partial charge in [0.15, 0.2) is 0 Å². The first-order chi connectivity index (χ1) is 12.5. The van der Waals surface area contributed by atoms with Crippen LogP contribution < -0.4 is 5.32 Å². The van der Waals surface area contributed by atoms with Crippen molar-refractivity contribution in [3.63, 3.8) is 0 Å². The van der Waals surface area contributed by atoms with E-state index >= 15 is 0 Å². The number of carbonyl (C=O) groups excluding carboxylic acids is 3. The second-order valence-electron chi connectivity index (χ2n) is 6.24. The van der Waals surface area contributed by atoms with Crippen molar-refractivity contribution in [1.29, 1.82) is 0 Å². The molecule has 0 spiro atoms. The summed E-state index contributed by atoms with van der Waals surface area (Å²) in [6.07, 6.45) is 4.28. The van der Waals surface area contributed by atoms with Gasteiger partial charge in [-0.05, 0) is 24.1 Å². The van der Waals surface area contributed by atoms with Gasteiger partial charge in [-0.3, -0.25) is 14.5 Å². The van der Waals surface area contributed by atoms with Crippen molar-refractivity contribution in [2.45, 2.75) is 18.9 Å². The molecule has 0 bridgehead atoms. The summed E-state index contributed by atoms with van der Waals surface area (Å²) >= 11 is 0. The van der Waals surface area contributed by atoms with Crippen LogP contribution >= 0.6 is 0 Å². The molecule has 2 aromatic rings. The summed E-state index contributed by atoms with van der Waals surface area (Å²) in [7, 11) is 2.95. The highest BCUT2D eigenvalue weighted by molar-refractivity contribution is 6.05. The van der Waals surface area contributed by atoms with E-state index in [0.29, 0.717) is 13.0 Å². The van der Waals surface area contributed by atoms with E-state index in [4.69, 9.17) is 0 Å². The molecule has 3 rings (SSSR count). The Morgan fingerprint density at radius 1 is 1.19 bits per heavy atom. The van der Waals surface area contributed by atoms with Gasteiger partial charge in [-0.1, -0.05) is 18.2 Å². The molecular formula is C18H21N5O3. The molecule has 26 heavy (non-hydrogen) atoms. The molecule has 8 heteroatoms. The van der Waals surface area contributed by atoms with Crippen LogP contribution in [-0.2, 0) is 16.0 Å². The Hall–Kier alpha value is -3.16. The third-order valence-corrected chi connectivity index (χ3v) is 4.44. The molecule has 1 saturated heterocycles. The molecule has 1 atom stereocenters. The Balaban J connectivity index is 1.48. The monoisotopic (exact) mass is 355 g/mol. The van der Waals surface area contributed by atoms with E-state index in [0.717, 1.165) is 16.2 Å². The number of nitrogens with one attached hydrogen (secondary N) is 1. The average molecular weight is 355 g/mol. The van der Waals surface area contributed by atoms with Crippen LogP contribution in [-0.4, -0.2) is 64.1 Å². The minimum atomic E-state index is -0.728. The molecule has 0 aliphatic carbocycles. The molecule has 1 fully saturated rings. The number of likely N-dealkylation sites (N-methyl/N-ethyl adjacent to an activating group) is 2. The predicted molar refractivity (Wildman–Crippen MR) is 94.6 cm³/mol. The molecule has 1 aliphatic rings. The van der Waals surface area contributed by atoms with Crippen LogP contribution in [0.1, 0.15) is 12.0 Å². The van der Waals surface area contributed by atoms with E-state index in [1.54, 1.807) is 10.9 Å². The SMILES string of the molecule is CN1C(=O)[C@@H](CC(=O)NCCc2cnn(-c3ccccc3)c2)N(C)C1=O. The van der Waals surface area contributed by atoms with Crippen LogP contribution in [0.25, 0.3) is 5.69 Å². The zero-order valence-corrected chi connectivity index (χ0v) is 14.8. The number of imide groups is 1. The number of rotatable bonds is 6. The van der Waals surface area contributed by atoms with Crippen molar-refractivity contribution < 1.29 is 14.4 Å². The van der Waals surface area contributed by atoms with Crippen molar-refractivity contribution >= 4 is 17.8 Å². The van der Waals surface area contributed by atoms with E-state index in [1.165, 1.54) is 19.0 Å². The van der Waals surface area contributed by atoms with E-state index < -0.39 is 6.04 Å². The third kappa shape index (κ3) is 3.58. The highest BCUT2D eigenvalue weighted by Crippen LogP contribution is 2.16. The molecule has 0 unspecified atom stereocenters. The van der Waals surface area contributed by atoms with Gasteiger partial charge in [0.2, 0.25) is 5.91 Å². The number of aromatic nitrogens is 2. The summed E-state index contributed by atoms with van der Waals surface area (Å²) in [5.74, 6) is -0.606. The number of hydrogen-bond acceptors (Lipinski definition) is 4. The summed E-state index contributed by atoms with van der Waals surface area (Å²) in [5, 5.41) is 7.11. The fraction of sp³-hybridized carbons (Fsp3) is 0.333. The van der Waals surface area contributed by atoms with Gasteiger partial charge in [-0.2, -0.15) is 5.10 Å². The van der Waals surface area contributed by atoms with Crippen LogP contribution in [0, 0.1) is 0 Å². The first kappa shape index (κ1) is 17.7. The Morgan fingerprint density at radius 3 is 2.58 bits per heavy atom. The maximum absolute atomic E-state index is 12.1. The lowest BCUT2D eigenvalue weighted by Gasteiger charge is -2.15. The van der Waals surface area contributed by atoms with Crippen molar-refractivity contribution in [1.82, 2.24) is 24.9 Å². The third-order valence-electron chi connectivity index (χ3n) is 4.44. The zero-order valence-electron chi connectivity index (χ0n) is 14.8. The smallest absolute Gasteiger partial charge is 0.326 e. The lowest BCUT2D eigenvalue weighted by Crippen LogP contribution is -2.37. The fourth-order valence-electron chi connectivity index (χ4n) is 2.88. The standard InChI is InChI=1S/C18H21N5O3/c1-21-15(17(25)22(2)18(21)26)10-16(24)19-9-8-13-11-20-23(12-13)14-6-4-3-5-7-14/h3-7,11-12,15H,8-10H2,1-2H3,(H,19,24)/t15-/m1/s1. The van der Waals surface area contributed by atoms with E-state index in [1.807, 2.05) is 36.5 Å². The maximum Gasteiger partial charge on any atom is 0.326 e. The summed E-state index contributed by atoms with van der Waals surface area (Å²) in [5.41, 5.74) is 1.97. The van der Waals surface area contributed by atoms with Gasteiger partial charge in [0, 0.05) is 26.8 Å². The minimum absolute atomic E-state index is 0.0330. The van der Waals surface area contributed by atoms with Gasteiger partial charge in [0.05, 0.1) is 18.3 Å². The molecule has 136 valence electrons. The minimum Gasteiger partial charge on any atom is -0.356 e. The van der Waals surface area contributed by atoms with Crippen LogP contribution in [0.15, 0.2) is 42.7 Å². The fourth-order valence-corrected chi connectivity index (χ4v) is 2.88. The molecule has 4 amide bonds. The number of para-hydroxylation sites is 1. The number of hydrogen-bond donors (Lipinski definition) is 1. The molecule has 2 heterocycles. The van der Waals surface area contributed by atoms with Crippen LogP contribution in [0.3, 0.4) is 0 Å². The Kier molecular flexibility index (Phi) is 5.01. The second kappa shape index (κ2) is 7.38. The first-order valence-corrected chi connectivity index (χ1v) is 8.37. The number of amides is 4. The van der Waals surface area contributed by atoms with Crippen LogP contribution in [0.4, 0.5) is 4.79 Å². The lowest BCUT2D eigenvalue weighted by molar-refractivity contribution is -0.131. The summed E-state index contributed by atoms with van der Waals surface area (Å²) < 4.78 is 1.78. The molecule has 1 aromatic heterocycles. The Bertz CT molecular complexity index is 817. The summed E-state index contributed by atoms with van der Waals surface area (Å²) in [6, 6.07) is 8.65. The van der Waals surface area contributed by atoms with Crippen LogP contribution in [0.5, 0.6) is 0 Å². The Morgan fingerprint density at radius 2 is 1.92 bits per heavy atom. The van der Waals surface area contributed by atoms with Crippen molar-refractivity contribution in [3.05, 3.63) is 48.3 Å². The number of carbonyl (C=O) groups is 3. The molecule has 0 radical (unpaired) electrons. The average Bonchev–Trinajstić information content (AvgIpc) is 3.19. The molecule has 1 N–H and O–H groups in total. The van der Waals surface area contributed by atoms with Gasteiger partial charge in [0.1, 0.15) is 6.04 Å². The zero-order chi connectivity index (χ0) is 18.7. The highest BCUT2D eigenvalue weighted by atomic mass is 16.2. The van der Waals surface area contributed by atoms with Crippen molar-refractivity contribution in [2.24, 2.45) is 0 Å². The predicted octanol–water partition coefficient (Wildman–Crippen LogP) is 0.813. The molecule has 1 aromatic carbocycles. The topological polar surface area (TPSA) is 87.5 Å². The number of benzene rings is 1. The van der Waals surface area contributed by atoms with Gasteiger partial charge < -0.3 is 10.2 Å². The van der Waals surface area contributed by atoms with Crippen molar-refractivity contribution in [3.8, 4) is 5.69 Å². The van der Waals surface area contributed by atoms with Gasteiger partial charge >= 0.3 is 6.03 Å². The van der Waals surface area contributed by atoms with Gasteiger partial charge in [0.25, 0.3) is 5.91 Å². The number of nitrogens with zero attached hydrogens (tertiary/aromatic N) is 4. The molecule has 8 nitrogen and oxygen atoms in total. The first-order valence-electron chi connectivity index (χ1n) is 8.37. The van der Waals surface area contributed by atoms with Gasteiger partial charge in [-0.15, -0.1) is 0 Å². The van der Waals surface area contributed by atoms with Gasteiger partial charge in [-0.25, -0.2) is 9.48 Å². The highest BCUT2D eigenvalue weighted by Gasteiger charge is 2.41. The van der Waals surface area contributed by atoms with Crippen LogP contribution in [0.2, 0.25) is 0 Å². The molecular weight excluding hydrogens is 334 g/mol. The molecule has 0 saturated carbocycles. The van der Waals surface area contributed by atoms with E-state index in [2.05, 4.69) is 10.4 Å². The van der Waals surface area contributed by atoms with E-state index in [-0.39, 0.29) is 24.3 Å². The lowest BCUT2D eigenvalue weighted by atomic mass is 10.1. The second-order valence-corrected chi connectivity index (χ2v) is 6.24. The Labute approximate surface area is 151 Å². The summed E-state index contributed by atoms with van der Waals surface area (Å²) in [4.78, 5) is 38.1. The summed E-state index contributed by atoms with van der Waals surface area (Å²) in [6.45, 7) is 0.438. The maximum atomic E-state index is 12.1.